The van der Waals surface area contributed by atoms with Gasteiger partial charge in [-0.05, 0) is 74.6 Å². The number of carbonyl (C=O) groups excluding carboxylic acids is 1. The lowest BCUT2D eigenvalue weighted by Crippen LogP contribution is -2.41. The summed E-state index contributed by atoms with van der Waals surface area (Å²) in [7, 11) is -3.91. The number of anilines is 1. The fourth-order valence-electron chi connectivity index (χ4n) is 3.34. The number of nitrogens with one attached hydrogen (secondary N) is 1. The molecule has 0 bridgehead atoms. The average Bonchev–Trinajstić information content (AvgIpc) is 3.27. The Labute approximate surface area is 175 Å². The van der Waals surface area contributed by atoms with Crippen LogP contribution in [0.2, 0.25) is 0 Å². The van der Waals surface area contributed by atoms with Crippen LogP contribution in [0.4, 0.5) is 10.1 Å². The van der Waals surface area contributed by atoms with Gasteiger partial charge in [-0.3, -0.25) is 9.10 Å². The largest absolute Gasteiger partial charge is 0.354 e. The van der Waals surface area contributed by atoms with Gasteiger partial charge in [-0.25, -0.2) is 12.8 Å². The van der Waals surface area contributed by atoms with Crippen molar-refractivity contribution in [3.63, 3.8) is 0 Å². The van der Waals surface area contributed by atoms with Crippen LogP contribution in [-0.2, 0) is 14.8 Å². The Bertz CT molecular complexity index is 880. The molecule has 9 heteroatoms. The van der Waals surface area contributed by atoms with E-state index >= 15 is 0 Å². The third kappa shape index (κ3) is 6.01. The predicted molar refractivity (Wildman–Crippen MR) is 113 cm³/mol. The number of benzene rings is 1. The Balaban J connectivity index is 1.62. The summed E-state index contributed by atoms with van der Waals surface area (Å²) in [6.07, 6.45) is 4.55. The topological polar surface area (TPSA) is 69.7 Å². The first-order valence-electron chi connectivity index (χ1n) is 9.78. The molecule has 1 aromatic carbocycles. The molecule has 6 nitrogen and oxygen atoms in total. The Morgan fingerprint density at radius 2 is 1.86 bits per heavy atom. The molecule has 0 saturated carbocycles. The van der Waals surface area contributed by atoms with Crippen LogP contribution < -0.4 is 9.62 Å². The number of hydrogen-bond acceptors (Lipinski definition) is 5. The van der Waals surface area contributed by atoms with Gasteiger partial charge in [-0.2, -0.15) is 0 Å². The first kappa shape index (κ1) is 21.7. The van der Waals surface area contributed by atoms with Crippen molar-refractivity contribution in [1.82, 2.24) is 10.2 Å². The Morgan fingerprint density at radius 1 is 1.14 bits per heavy atom. The number of likely N-dealkylation sites (tertiary alicyclic amines) is 1. The summed E-state index contributed by atoms with van der Waals surface area (Å²) in [5.41, 5.74) is 0.253. The summed E-state index contributed by atoms with van der Waals surface area (Å²) in [6.45, 7) is 3.27. The first-order valence-corrected chi connectivity index (χ1v) is 12.1. The molecule has 0 atom stereocenters. The van der Waals surface area contributed by atoms with Crippen LogP contribution in [0.1, 0.15) is 25.7 Å². The molecule has 1 aliphatic heterocycles. The van der Waals surface area contributed by atoms with E-state index in [-0.39, 0.29) is 22.3 Å². The second kappa shape index (κ2) is 10.2. The van der Waals surface area contributed by atoms with E-state index in [0.29, 0.717) is 6.54 Å². The molecule has 1 amide bonds. The number of amides is 1. The van der Waals surface area contributed by atoms with Gasteiger partial charge in [0.1, 0.15) is 16.6 Å². The Morgan fingerprint density at radius 3 is 2.52 bits per heavy atom. The normalized spacial score (nSPS) is 15.2. The predicted octanol–water partition coefficient (Wildman–Crippen LogP) is 3.07. The minimum absolute atomic E-state index is 0.139. The maximum atomic E-state index is 13.3. The van der Waals surface area contributed by atoms with Crippen LogP contribution in [0, 0.1) is 5.82 Å². The molecule has 1 aromatic heterocycles. The third-order valence-electron chi connectivity index (χ3n) is 4.86. The maximum absolute atomic E-state index is 13.3. The smallest absolute Gasteiger partial charge is 0.274 e. The Hall–Kier alpha value is -1.97. The van der Waals surface area contributed by atoms with Gasteiger partial charge in [0.15, 0.2) is 0 Å². The molecule has 1 N–H and O–H groups in total. The van der Waals surface area contributed by atoms with Crippen LogP contribution in [0.25, 0.3) is 0 Å². The van der Waals surface area contributed by atoms with E-state index in [1.165, 1.54) is 49.6 Å². The van der Waals surface area contributed by atoms with E-state index in [1.54, 1.807) is 11.4 Å². The zero-order chi connectivity index (χ0) is 20.7. The van der Waals surface area contributed by atoms with Crippen molar-refractivity contribution < 1.29 is 17.6 Å². The van der Waals surface area contributed by atoms with Crippen molar-refractivity contribution in [3.05, 3.63) is 47.6 Å². The van der Waals surface area contributed by atoms with Crippen LogP contribution in [0.15, 0.2) is 46.0 Å². The number of piperidine rings is 1. The summed E-state index contributed by atoms with van der Waals surface area (Å²) < 4.78 is 40.5. The second-order valence-corrected chi connectivity index (χ2v) is 10.1. The molecule has 2 aromatic rings. The molecule has 1 saturated heterocycles. The van der Waals surface area contributed by atoms with E-state index < -0.39 is 15.8 Å². The highest BCUT2D eigenvalue weighted by atomic mass is 32.2. The second-order valence-electron chi connectivity index (χ2n) is 7.03. The van der Waals surface area contributed by atoms with Gasteiger partial charge in [0, 0.05) is 6.54 Å². The summed E-state index contributed by atoms with van der Waals surface area (Å²) >= 11 is 1.08. The standard InChI is InChI=1S/C20H26FN3O3S2/c21-17-7-9-18(10-8-17)24(29(26,27)20-6-4-15-28-20)16-19(25)22-11-5-14-23-12-2-1-3-13-23/h4,6-10,15H,1-3,5,11-14,16H2,(H,22,25). The number of halogens is 1. The number of thiophene rings is 1. The number of carbonyl (C=O) groups is 1. The highest BCUT2D eigenvalue weighted by Crippen LogP contribution is 2.26. The molecule has 1 fully saturated rings. The summed E-state index contributed by atoms with van der Waals surface area (Å²) in [5, 5.41) is 4.47. The van der Waals surface area contributed by atoms with Gasteiger partial charge < -0.3 is 10.2 Å². The lowest BCUT2D eigenvalue weighted by molar-refractivity contribution is -0.119. The highest BCUT2D eigenvalue weighted by molar-refractivity contribution is 7.94. The molecular formula is C20H26FN3O3S2. The fourth-order valence-corrected chi connectivity index (χ4v) is 5.87. The quantitative estimate of drug-likeness (QED) is 0.610. The van der Waals surface area contributed by atoms with Crippen molar-refractivity contribution in [2.24, 2.45) is 0 Å². The van der Waals surface area contributed by atoms with E-state index in [0.717, 1.165) is 41.7 Å². The monoisotopic (exact) mass is 439 g/mol. The van der Waals surface area contributed by atoms with Crippen molar-refractivity contribution in [2.75, 3.05) is 37.0 Å². The van der Waals surface area contributed by atoms with Gasteiger partial charge in [0.25, 0.3) is 10.0 Å². The van der Waals surface area contributed by atoms with Gasteiger partial charge in [0.05, 0.1) is 5.69 Å². The van der Waals surface area contributed by atoms with Crippen LogP contribution in [0.3, 0.4) is 0 Å². The van der Waals surface area contributed by atoms with E-state index in [1.807, 2.05) is 0 Å². The maximum Gasteiger partial charge on any atom is 0.274 e. The highest BCUT2D eigenvalue weighted by Gasteiger charge is 2.28. The van der Waals surface area contributed by atoms with Gasteiger partial charge in [-0.15, -0.1) is 11.3 Å². The first-order chi connectivity index (χ1) is 14.0. The van der Waals surface area contributed by atoms with Gasteiger partial charge in [-0.1, -0.05) is 12.5 Å². The number of rotatable bonds is 9. The van der Waals surface area contributed by atoms with Crippen molar-refractivity contribution in [1.29, 1.82) is 0 Å². The van der Waals surface area contributed by atoms with E-state index in [9.17, 15) is 17.6 Å². The SMILES string of the molecule is O=C(CN(c1ccc(F)cc1)S(=O)(=O)c1cccs1)NCCCN1CCCCC1. The zero-order valence-corrected chi connectivity index (χ0v) is 17.9. The molecule has 3 rings (SSSR count). The summed E-state index contributed by atoms with van der Waals surface area (Å²) in [4.78, 5) is 14.9. The van der Waals surface area contributed by atoms with E-state index in [2.05, 4.69) is 10.2 Å². The minimum Gasteiger partial charge on any atom is -0.354 e. The van der Waals surface area contributed by atoms with Crippen LogP contribution in [-0.4, -0.2) is 51.9 Å². The van der Waals surface area contributed by atoms with Crippen molar-refractivity contribution in [2.45, 2.75) is 29.9 Å². The minimum atomic E-state index is -3.91. The molecule has 0 unspecified atom stereocenters. The van der Waals surface area contributed by atoms with Gasteiger partial charge in [0.2, 0.25) is 5.91 Å². The average molecular weight is 440 g/mol. The molecule has 1 aliphatic rings. The number of hydrogen-bond donors (Lipinski definition) is 1. The number of nitrogens with zero attached hydrogens (tertiary/aromatic N) is 2. The Kier molecular flexibility index (Phi) is 7.63. The van der Waals surface area contributed by atoms with E-state index in [4.69, 9.17) is 0 Å². The molecular weight excluding hydrogens is 413 g/mol. The van der Waals surface area contributed by atoms with Crippen LogP contribution in [0.5, 0.6) is 0 Å². The molecule has 0 spiro atoms. The zero-order valence-electron chi connectivity index (χ0n) is 16.2. The molecule has 0 aliphatic carbocycles. The van der Waals surface area contributed by atoms with Crippen LogP contribution >= 0.6 is 11.3 Å². The summed E-state index contributed by atoms with van der Waals surface area (Å²) in [6, 6.07) is 8.23. The van der Waals surface area contributed by atoms with Crippen molar-refractivity contribution in [3.8, 4) is 0 Å². The summed E-state index contributed by atoms with van der Waals surface area (Å²) in [5.74, 6) is -0.850. The molecule has 0 radical (unpaired) electrons. The fraction of sp³-hybridized carbons (Fsp3) is 0.450. The number of sulfonamides is 1. The molecule has 2 heterocycles. The molecule has 158 valence electrons. The lowest BCUT2D eigenvalue weighted by atomic mass is 10.1. The molecule has 29 heavy (non-hydrogen) atoms. The lowest BCUT2D eigenvalue weighted by Gasteiger charge is -2.26. The van der Waals surface area contributed by atoms with Crippen molar-refractivity contribution >= 4 is 33.0 Å². The van der Waals surface area contributed by atoms with Gasteiger partial charge >= 0.3 is 0 Å². The third-order valence-corrected chi connectivity index (χ3v) is 8.01.